The second-order valence-corrected chi connectivity index (χ2v) is 8.89. The Labute approximate surface area is 181 Å². The quantitative estimate of drug-likeness (QED) is 0.737. The van der Waals surface area contributed by atoms with Gasteiger partial charge in [0, 0.05) is 32.1 Å². The summed E-state index contributed by atoms with van der Waals surface area (Å²) in [7, 11) is 0. The number of ether oxygens (including phenoxy) is 2. The van der Waals surface area contributed by atoms with Crippen LogP contribution in [0.5, 0.6) is 5.88 Å². The normalized spacial score (nSPS) is 21.1. The van der Waals surface area contributed by atoms with Crippen LogP contribution in [0.3, 0.4) is 0 Å². The first-order chi connectivity index (χ1) is 14.7. The lowest BCUT2D eigenvalue weighted by molar-refractivity contribution is -0.0116. The highest BCUT2D eigenvalue weighted by Gasteiger charge is 2.36. The number of hydrogen-bond donors (Lipinski definition) is 0. The van der Waals surface area contributed by atoms with Gasteiger partial charge in [-0.1, -0.05) is 0 Å². The molecule has 0 bridgehead atoms. The van der Waals surface area contributed by atoms with Crippen molar-refractivity contribution in [2.24, 2.45) is 0 Å². The molecule has 0 saturated carbocycles. The molecule has 166 valence electrons. The third kappa shape index (κ3) is 4.55. The van der Waals surface area contributed by atoms with Crippen molar-refractivity contribution in [3.8, 4) is 5.88 Å². The summed E-state index contributed by atoms with van der Waals surface area (Å²) in [4.78, 5) is 28.8. The molecule has 0 spiro atoms. The highest BCUT2D eigenvalue weighted by molar-refractivity contribution is 5.69. The number of piperidine rings is 1. The second kappa shape index (κ2) is 8.28. The Balaban J connectivity index is 1.45. The van der Waals surface area contributed by atoms with E-state index < -0.39 is 24.0 Å². The molecule has 2 aromatic heterocycles. The molecule has 1 amide bonds. The van der Waals surface area contributed by atoms with Crippen LogP contribution >= 0.6 is 0 Å². The molecule has 0 aliphatic carbocycles. The van der Waals surface area contributed by atoms with Crippen LogP contribution in [-0.2, 0) is 11.2 Å². The maximum Gasteiger partial charge on any atom is 0.410 e. The summed E-state index contributed by atoms with van der Waals surface area (Å²) in [6, 6.07) is 3.92. The van der Waals surface area contributed by atoms with Crippen LogP contribution in [-0.4, -0.2) is 63.5 Å². The topological polar surface area (TPSA) is 80.7 Å². The SMILES string of the molecule is Cc1c(OC2CCN(C(=O)OC(C)(C)C)CC2F)ncnc1N1CCc2ncccc21. The fraction of sp³-hybridized carbons (Fsp3) is 0.545. The minimum atomic E-state index is -1.34. The summed E-state index contributed by atoms with van der Waals surface area (Å²) >= 11 is 0. The van der Waals surface area contributed by atoms with Crippen molar-refractivity contribution >= 4 is 17.6 Å². The number of aromatic nitrogens is 3. The van der Waals surface area contributed by atoms with E-state index in [1.807, 2.05) is 19.1 Å². The van der Waals surface area contributed by atoms with Crippen molar-refractivity contribution < 1.29 is 18.7 Å². The smallest absolute Gasteiger partial charge is 0.410 e. The number of halogens is 1. The van der Waals surface area contributed by atoms with Gasteiger partial charge < -0.3 is 19.3 Å². The van der Waals surface area contributed by atoms with Crippen LogP contribution in [0.4, 0.5) is 20.7 Å². The molecular weight excluding hydrogens is 401 g/mol. The van der Waals surface area contributed by atoms with Gasteiger partial charge >= 0.3 is 6.09 Å². The Morgan fingerprint density at radius 3 is 2.77 bits per heavy atom. The molecule has 1 fully saturated rings. The monoisotopic (exact) mass is 429 g/mol. The van der Waals surface area contributed by atoms with Crippen LogP contribution in [0, 0.1) is 6.92 Å². The van der Waals surface area contributed by atoms with Gasteiger partial charge in [-0.25, -0.2) is 19.2 Å². The Morgan fingerprint density at radius 1 is 1.23 bits per heavy atom. The van der Waals surface area contributed by atoms with E-state index in [9.17, 15) is 9.18 Å². The van der Waals surface area contributed by atoms with Gasteiger partial charge in [-0.3, -0.25) is 4.98 Å². The van der Waals surface area contributed by atoms with Crippen molar-refractivity contribution in [1.82, 2.24) is 19.9 Å². The van der Waals surface area contributed by atoms with Crippen LogP contribution in [0.2, 0.25) is 0 Å². The molecule has 1 saturated heterocycles. The largest absolute Gasteiger partial charge is 0.471 e. The highest BCUT2D eigenvalue weighted by Crippen LogP contribution is 2.36. The maximum absolute atomic E-state index is 14.9. The van der Waals surface area contributed by atoms with E-state index in [0.717, 1.165) is 35.7 Å². The first-order valence-corrected chi connectivity index (χ1v) is 10.5. The molecule has 2 unspecified atom stereocenters. The Kier molecular flexibility index (Phi) is 5.68. The van der Waals surface area contributed by atoms with Gasteiger partial charge in [-0.2, -0.15) is 0 Å². The number of anilines is 2. The van der Waals surface area contributed by atoms with Crippen LogP contribution in [0.15, 0.2) is 24.7 Å². The van der Waals surface area contributed by atoms with E-state index in [0.29, 0.717) is 18.8 Å². The lowest BCUT2D eigenvalue weighted by atomic mass is 10.1. The first kappa shape index (κ1) is 21.3. The van der Waals surface area contributed by atoms with E-state index >= 15 is 0 Å². The summed E-state index contributed by atoms with van der Waals surface area (Å²) in [5.74, 6) is 1.10. The van der Waals surface area contributed by atoms with Crippen molar-refractivity contribution in [3.05, 3.63) is 35.9 Å². The van der Waals surface area contributed by atoms with Gasteiger partial charge in [0.05, 0.1) is 23.5 Å². The van der Waals surface area contributed by atoms with Crippen LogP contribution < -0.4 is 9.64 Å². The van der Waals surface area contributed by atoms with Crippen molar-refractivity contribution in [2.75, 3.05) is 24.5 Å². The number of alkyl halides is 1. The fourth-order valence-corrected chi connectivity index (χ4v) is 3.89. The molecule has 2 atom stereocenters. The van der Waals surface area contributed by atoms with Gasteiger partial charge in [0.2, 0.25) is 5.88 Å². The molecule has 9 heteroatoms. The lowest BCUT2D eigenvalue weighted by Gasteiger charge is -2.35. The van der Waals surface area contributed by atoms with E-state index in [-0.39, 0.29) is 6.54 Å². The summed E-state index contributed by atoms with van der Waals surface area (Å²) < 4.78 is 26.2. The number of rotatable bonds is 3. The number of likely N-dealkylation sites (tertiary alicyclic amines) is 1. The second-order valence-electron chi connectivity index (χ2n) is 8.89. The average molecular weight is 429 g/mol. The molecule has 0 N–H and O–H groups in total. The molecule has 2 aliphatic rings. The van der Waals surface area contributed by atoms with Crippen LogP contribution in [0.1, 0.15) is 38.4 Å². The lowest BCUT2D eigenvalue weighted by Crippen LogP contribution is -2.50. The zero-order chi connectivity index (χ0) is 22.2. The van der Waals surface area contributed by atoms with Gasteiger partial charge in [0.1, 0.15) is 23.9 Å². The summed E-state index contributed by atoms with van der Waals surface area (Å²) in [6.45, 7) is 8.31. The first-order valence-electron chi connectivity index (χ1n) is 10.5. The number of carbonyl (C=O) groups is 1. The molecule has 4 rings (SSSR count). The van der Waals surface area contributed by atoms with Crippen molar-refractivity contribution in [3.63, 3.8) is 0 Å². The van der Waals surface area contributed by atoms with Gasteiger partial charge in [0.25, 0.3) is 0 Å². The minimum absolute atomic E-state index is 0.0677. The molecule has 2 aliphatic heterocycles. The van der Waals surface area contributed by atoms with E-state index in [1.54, 1.807) is 27.0 Å². The van der Waals surface area contributed by atoms with E-state index in [4.69, 9.17) is 9.47 Å². The third-order valence-corrected chi connectivity index (χ3v) is 5.39. The van der Waals surface area contributed by atoms with Crippen LogP contribution in [0.25, 0.3) is 0 Å². The predicted octanol–water partition coefficient (Wildman–Crippen LogP) is 3.60. The number of carbonyl (C=O) groups excluding carboxylic acids is 1. The van der Waals surface area contributed by atoms with Gasteiger partial charge in [-0.15, -0.1) is 0 Å². The molecule has 2 aromatic rings. The summed E-state index contributed by atoms with van der Waals surface area (Å²) in [5.41, 5.74) is 2.18. The molecule has 31 heavy (non-hydrogen) atoms. The minimum Gasteiger partial charge on any atom is -0.471 e. The molecule has 0 aromatic carbocycles. The number of amides is 1. The Morgan fingerprint density at radius 2 is 2.03 bits per heavy atom. The number of hydrogen-bond acceptors (Lipinski definition) is 7. The molecule has 0 radical (unpaired) electrons. The number of fused-ring (bicyclic) bond motifs is 1. The molecule has 8 nitrogen and oxygen atoms in total. The van der Waals surface area contributed by atoms with Crippen molar-refractivity contribution in [2.45, 2.75) is 58.4 Å². The third-order valence-electron chi connectivity index (χ3n) is 5.39. The van der Waals surface area contributed by atoms with Gasteiger partial charge in [0.15, 0.2) is 6.17 Å². The number of pyridine rings is 1. The molecular formula is C22H28FN5O3. The van der Waals surface area contributed by atoms with E-state index in [2.05, 4.69) is 19.9 Å². The standard InChI is InChI=1S/C22H28FN5O3/c1-14-19(28-11-7-16-17(28)6-5-9-24-16)25-13-26-20(14)30-18-8-10-27(12-15(18)23)21(29)31-22(2,3)4/h5-6,9,13,15,18H,7-8,10-12H2,1-4H3. The summed E-state index contributed by atoms with van der Waals surface area (Å²) in [6.07, 6.45) is 1.89. The molecule has 4 heterocycles. The maximum atomic E-state index is 14.9. The van der Waals surface area contributed by atoms with Gasteiger partial charge in [-0.05, 0) is 39.8 Å². The zero-order valence-corrected chi connectivity index (χ0v) is 18.3. The number of nitrogens with zero attached hydrogens (tertiary/aromatic N) is 5. The predicted molar refractivity (Wildman–Crippen MR) is 113 cm³/mol. The summed E-state index contributed by atoms with van der Waals surface area (Å²) in [5, 5.41) is 0. The average Bonchev–Trinajstić information content (AvgIpc) is 3.13. The Bertz CT molecular complexity index is 964. The Hall–Kier alpha value is -2.97. The fourth-order valence-electron chi connectivity index (χ4n) is 3.89. The van der Waals surface area contributed by atoms with E-state index in [1.165, 1.54) is 11.2 Å². The zero-order valence-electron chi connectivity index (χ0n) is 18.3. The van der Waals surface area contributed by atoms with Crippen molar-refractivity contribution in [1.29, 1.82) is 0 Å². The highest BCUT2D eigenvalue weighted by atomic mass is 19.1.